The maximum atomic E-state index is 12.9. The molecule has 0 N–H and O–H groups in total. The molecule has 0 spiro atoms. The highest BCUT2D eigenvalue weighted by molar-refractivity contribution is 6.26. The number of benzene rings is 2. The lowest BCUT2D eigenvalue weighted by Crippen LogP contribution is -2.42. The standard InChI is InChI=1S/C31H37ClO5/c1-4-5-6-7-10-21-35-26-16-12-24(13-17-26)25-14-18-27(19-15-25)36-30(34)28-11-8-9-20-31(28,32)37-29(33)22-23(2)3/h8-9,11-20,23,28H,4-7,10,21-22H2,1-3H3. The minimum atomic E-state index is -1.61. The first-order valence-corrected chi connectivity index (χ1v) is 13.5. The highest BCUT2D eigenvalue weighted by Crippen LogP contribution is 2.35. The molecule has 37 heavy (non-hydrogen) atoms. The van der Waals surface area contributed by atoms with Gasteiger partial charge in [-0.25, -0.2) is 0 Å². The molecule has 0 bridgehead atoms. The van der Waals surface area contributed by atoms with E-state index in [1.54, 1.807) is 30.4 Å². The van der Waals surface area contributed by atoms with Crippen LogP contribution in [0.3, 0.4) is 0 Å². The zero-order valence-electron chi connectivity index (χ0n) is 22.0. The Hall–Kier alpha value is -3.05. The lowest BCUT2D eigenvalue weighted by Gasteiger charge is -2.31. The molecule has 2 aromatic carbocycles. The van der Waals surface area contributed by atoms with Crippen LogP contribution in [-0.4, -0.2) is 23.6 Å². The van der Waals surface area contributed by atoms with Gasteiger partial charge in [0.1, 0.15) is 17.4 Å². The zero-order valence-corrected chi connectivity index (χ0v) is 22.7. The van der Waals surface area contributed by atoms with E-state index in [-0.39, 0.29) is 12.3 Å². The number of hydrogen-bond donors (Lipinski definition) is 0. The number of esters is 2. The summed E-state index contributed by atoms with van der Waals surface area (Å²) in [5, 5.41) is -1.61. The Morgan fingerprint density at radius 2 is 1.51 bits per heavy atom. The number of unbranched alkanes of at least 4 members (excludes halogenated alkanes) is 4. The van der Waals surface area contributed by atoms with Crippen molar-refractivity contribution in [2.75, 3.05) is 6.61 Å². The minimum absolute atomic E-state index is 0.115. The van der Waals surface area contributed by atoms with Crippen molar-refractivity contribution in [3.63, 3.8) is 0 Å². The number of halogens is 1. The van der Waals surface area contributed by atoms with Gasteiger partial charge in [0.05, 0.1) is 6.61 Å². The highest BCUT2D eigenvalue weighted by Gasteiger charge is 2.44. The van der Waals surface area contributed by atoms with Crippen LogP contribution in [0.1, 0.15) is 59.3 Å². The van der Waals surface area contributed by atoms with Gasteiger partial charge in [0.25, 0.3) is 0 Å². The molecule has 198 valence electrons. The fraction of sp³-hybridized carbons (Fsp3) is 0.419. The molecule has 0 fully saturated rings. The maximum Gasteiger partial charge on any atom is 0.324 e. The first-order valence-electron chi connectivity index (χ1n) is 13.1. The largest absolute Gasteiger partial charge is 0.494 e. The van der Waals surface area contributed by atoms with Crippen molar-refractivity contribution >= 4 is 23.5 Å². The quantitative estimate of drug-likeness (QED) is 0.115. The smallest absolute Gasteiger partial charge is 0.324 e. The van der Waals surface area contributed by atoms with E-state index in [9.17, 15) is 9.59 Å². The van der Waals surface area contributed by atoms with E-state index < -0.39 is 22.9 Å². The third-order valence-corrected chi connectivity index (χ3v) is 6.48. The molecule has 1 aliphatic carbocycles. The molecule has 3 rings (SSSR count). The molecule has 0 heterocycles. The Morgan fingerprint density at radius 3 is 2.14 bits per heavy atom. The average molecular weight is 525 g/mol. The Morgan fingerprint density at radius 1 is 0.892 bits per heavy atom. The first-order chi connectivity index (χ1) is 17.8. The Labute approximate surface area is 225 Å². The van der Waals surface area contributed by atoms with Gasteiger partial charge in [-0.05, 0) is 53.8 Å². The molecule has 2 unspecified atom stereocenters. The summed E-state index contributed by atoms with van der Waals surface area (Å²) in [5.74, 6) is -0.671. The van der Waals surface area contributed by atoms with Gasteiger partial charge in [-0.3, -0.25) is 9.59 Å². The number of rotatable bonds is 13. The van der Waals surface area contributed by atoms with E-state index in [1.807, 2.05) is 50.2 Å². The molecule has 2 atom stereocenters. The van der Waals surface area contributed by atoms with Gasteiger partial charge < -0.3 is 14.2 Å². The van der Waals surface area contributed by atoms with Crippen molar-refractivity contribution in [1.82, 2.24) is 0 Å². The summed E-state index contributed by atoms with van der Waals surface area (Å²) in [6.45, 7) is 6.76. The normalized spacial score (nSPS) is 18.6. The fourth-order valence-corrected chi connectivity index (χ4v) is 4.34. The summed E-state index contributed by atoms with van der Waals surface area (Å²) >= 11 is 6.57. The van der Waals surface area contributed by atoms with E-state index in [1.165, 1.54) is 31.8 Å². The fourth-order valence-electron chi connectivity index (χ4n) is 4.02. The average Bonchev–Trinajstić information content (AvgIpc) is 2.86. The number of allylic oxidation sites excluding steroid dienone is 2. The summed E-state index contributed by atoms with van der Waals surface area (Å²) < 4.78 is 16.9. The van der Waals surface area contributed by atoms with Gasteiger partial charge in [-0.15, -0.1) is 0 Å². The van der Waals surface area contributed by atoms with Crippen molar-refractivity contribution in [3.05, 3.63) is 72.8 Å². The van der Waals surface area contributed by atoms with E-state index >= 15 is 0 Å². The minimum Gasteiger partial charge on any atom is -0.494 e. The molecule has 0 saturated heterocycles. The van der Waals surface area contributed by atoms with Crippen molar-refractivity contribution in [3.8, 4) is 22.6 Å². The topological polar surface area (TPSA) is 61.8 Å². The predicted octanol–water partition coefficient (Wildman–Crippen LogP) is 7.87. The molecular formula is C31H37ClO5. The van der Waals surface area contributed by atoms with Gasteiger partial charge in [-0.2, -0.15) is 0 Å². The Kier molecular flexibility index (Phi) is 10.8. The number of carbonyl (C=O) groups is 2. The third-order valence-electron chi connectivity index (χ3n) is 6.04. The van der Waals surface area contributed by atoms with Crippen molar-refractivity contribution in [2.45, 2.75) is 64.4 Å². The molecule has 0 aliphatic heterocycles. The van der Waals surface area contributed by atoms with Crippen LogP contribution in [0.15, 0.2) is 72.8 Å². The molecule has 0 radical (unpaired) electrons. The molecule has 0 aromatic heterocycles. The maximum absolute atomic E-state index is 12.9. The van der Waals surface area contributed by atoms with Gasteiger partial charge >= 0.3 is 11.9 Å². The van der Waals surface area contributed by atoms with Crippen molar-refractivity contribution < 1.29 is 23.8 Å². The third kappa shape index (κ3) is 8.78. The van der Waals surface area contributed by atoms with Crippen molar-refractivity contribution in [2.24, 2.45) is 11.8 Å². The van der Waals surface area contributed by atoms with Gasteiger partial charge in [0.15, 0.2) is 0 Å². The number of carbonyl (C=O) groups excluding carboxylic acids is 2. The highest BCUT2D eigenvalue weighted by atomic mass is 35.5. The molecule has 0 saturated carbocycles. The SMILES string of the molecule is CCCCCCCOc1ccc(-c2ccc(OC(=O)C3C=CC=CC3(Cl)OC(=O)CC(C)C)cc2)cc1. The van der Waals surface area contributed by atoms with Gasteiger partial charge in [-0.1, -0.05) is 101 Å². The van der Waals surface area contributed by atoms with Crippen LogP contribution in [0.25, 0.3) is 11.1 Å². The van der Waals surface area contributed by atoms with Crippen LogP contribution in [0.4, 0.5) is 0 Å². The van der Waals surface area contributed by atoms with Crippen LogP contribution in [0.2, 0.25) is 0 Å². The van der Waals surface area contributed by atoms with Crippen LogP contribution in [0.5, 0.6) is 11.5 Å². The molecule has 5 nitrogen and oxygen atoms in total. The molecular weight excluding hydrogens is 488 g/mol. The van der Waals surface area contributed by atoms with Crippen LogP contribution < -0.4 is 9.47 Å². The van der Waals surface area contributed by atoms with Gasteiger partial charge in [0, 0.05) is 6.42 Å². The second-order valence-electron chi connectivity index (χ2n) is 9.72. The first kappa shape index (κ1) is 28.5. The van der Waals surface area contributed by atoms with Crippen LogP contribution in [-0.2, 0) is 14.3 Å². The number of alkyl halides is 1. The molecule has 1 aliphatic rings. The summed E-state index contributed by atoms with van der Waals surface area (Å²) in [6, 6.07) is 15.2. The monoisotopic (exact) mass is 524 g/mol. The lowest BCUT2D eigenvalue weighted by molar-refractivity contribution is -0.156. The molecule has 6 heteroatoms. The summed E-state index contributed by atoms with van der Waals surface area (Å²) in [5.41, 5.74) is 2.02. The van der Waals surface area contributed by atoms with E-state index in [0.29, 0.717) is 5.75 Å². The summed E-state index contributed by atoms with van der Waals surface area (Å²) in [6.07, 6.45) is 12.7. The summed E-state index contributed by atoms with van der Waals surface area (Å²) in [7, 11) is 0. The molecule has 0 amide bonds. The zero-order chi connectivity index (χ0) is 26.7. The van der Waals surface area contributed by atoms with Crippen LogP contribution in [0, 0.1) is 11.8 Å². The van der Waals surface area contributed by atoms with E-state index in [2.05, 4.69) is 6.92 Å². The van der Waals surface area contributed by atoms with Gasteiger partial charge in [0.2, 0.25) is 5.06 Å². The number of hydrogen-bond acceptors (Lipinski definition) is 5. The second kappa shape index (κ2) is 14.0. The van der Waals surface area contributed by atoms with E-state index in [0.717, 1.165) is 29.9 Å². The van der Waals surface area contributed by atoms with Crippen molar-refractivity contribution in [1.29, 1.82) is 0 Å². The Balaban J connectivity index is 1.56. The summed E-state index contributed by atoms with van der Waals surface area (Å²) in [4.78, 5) is 25.2. The Bertz CT molecular complexity index is 1070. The predicted molar refractivity (Wildman–Crippen MR) is 148 cm³/mol. The van der Waals surface area contributed by atoms with E-state index in [4.69, 9.17) is 25.8 Å². The number of ether oxygens (including phenoxy) is 3. The lowest BCUT2D eigenvalue weighted by atomic mass is 9.96. The second-order valence-corrected chi connectivity index (χ2v) is 10.3. The van der Waals surface area contributed by atoms with Crippen LogP contribution >= 0.6 is 11.6 Å². The molecule has 2 aromatic rings.